The lowest BCUT2D eigenvalue weighted by molar-refractivity contribution is 0.0743. The molecule has 0 saturated heterocycles. The van der Waals surface area contributed by atoms with Crippen LogP contribution in [0.25, 0.3) is 28.2 Å². The Hall–Kier alpha value is -2.64. The van der Waals surface area contributed by atoms with E-state index in [1.165, 1.54) is 6.26 Å². The zero-order valence-corrected chi connectivity index (χ0v) is 21.5. The number of aryl methyl sites for hydroxylation is 1. The van der Waals surface area contributed by atoms with Crippen LogP contribution in [0.4, 0.5) is 0 Å². The van der Waals surface area contributed by atoms with Gasteiger partial charge in [-0.15, -0.1) is 0 Å². The highest BCUT2D eigenvalue weighted by molar-refractivity contribution is 7.90. The van der Waals surface area contributed by atoms with Crippen LogP contribution in [0.15, 0.2) is 71.8 Å². The Morgan fingerprint density at radius 1 is 0.971 bits per heavy atom. The van der Waals surface area contributed by atoms with Gasteiger partial charge in [0.05, 0.1) is 26.3 Å². The second kappa shape index (κ2) is 8.86. The number of hydrogen-bond acceptors (Lipinski definition) is 4. The normalized spacial score (nSPS) is 12.2. The Balaban J connectivity index is 1.87. The molecule has 0 aliphatic carbocycles. The summed E-state index contributed by atoms with van der Waals surface area (Å²) in [6.45, 7) is 5.31. The van der Waals surface area contributed by atoms with Gasteiger partial charge in [0.15, 0.2) is 9.84 Å². The third kappa shape index (κ3) is 4.77. The van der Waals surface area contributed by atoms with Gasteiger partial charge < -0.3 is 5.11 Å². The van der Waals surface area contributed by atoms with Crippen molar-refractivity contribution in [3.63, 3.8) is 0 Å². The lowest BCUT2D eigenvalue weighted by atomic mass is 10.0. The van der Waals surface area contributed by atoms with Gasteiger partial charge in [-0.2, -0.15) is 0 Å². The lowest BCUT2D eigenvalue weighted by Crippen LogP contribution is -2.15. The monoisotopic (exact) mass is 514 g/mol. The molecule has 4 rings (SSSR count). The number of sulfone groups is 1. The number of hydrogen-bond donors (Lipinski definition) is 1. The fourth-order valence-electron chi connectivity index (χ4n) is 3.74. The molecule has 1 N–H and O–H groups in total. The second-order valence-corrected chi connectivity index (χ2v) is 11.6. The molecular formula is C26H24Cl2N2O3S. The molecule has 0 bridgehead atoms. The standard InChI is InChI=1S/C26H24Cl2N2O3S/c1-16-13-18(17-7-5-8-19(14-17)34(4,32)33)11-12-22(16)30-15-23(26(2,3)31)29-25(30)20-9-6-10-21(27)24(20)28/h5-15,31H,1-4H3. The van der Waals surface area contributed by atoms with Gasteiger partial charge in [-0.3, -0.25) is 4.57 Å². The molecule has 34 heavy (non-hydrogen) atoms. The molecule has 0 atom stereocenters. The van der Waals surface area contributed by atoms with E-state index in [4.69, 9.17) is 28.2 Å². The number of imidazole rings is 1. The van der Waals surface area contributed by atoms with Crippen LogP contribution in [-0.4, -0.2) is 29.3 Å². The molecule has 0 unspecified atom stereocenters. The first-order chi connectivity index (χ1) is 15.9. The smallest absolute Gasteiger partial charge is 0.175 e. The Kier molecular flexibility index (Phi) is 6.38. The number of aliphatic hydroxyl groups is 1. The van der Waals surface area contributed by atoms with Crippen LogP contribution in [0.1, 0.15) is 25.1 Å². The fraction of sp³-hybridized carbons (Fsp3) is 0.192. The van der Waals surface area contributed by atoms with Gasteiger partial charge in [0.1, 0.15) is 11.4 Å². The summed E-state index contributed by atoms with van der Waals surface area (Å²) < 4.78 is 25.8. The van der Waals surface area contributed by atoms with Crippen molar-refractivity contribution in [1.82, 2.24) is 9.55 Å². The Bertz CT molecular complexity index is 1500. The number of aromatic nitrogens is 2. The third-order valence-corrected chi connectivity index (χ3v) is 7.51. The summed E-state index contributed by atoms with van der Waals surface area (Å²) in [5.74, 6) is 0.555. The summed E-state index contributed by atoms with van der Waals surface area (Å²) in [5.41, 5.74) is 3.44. The van der Waals surface area contributed by atoms with Gasteiger partial charge >= 0.3 is 0 Å². The van der Waals surface area contributed by atoms with Gasteiger partial charge in [0.2, 0.25) is 0 Å². The molecule has 0 radical (unpaired) electrons. The van der Waals surface area contributed by atoms with E-state index in [2.05, 4.69) is 0 Å². The molecule has 176 valence electrons. The van der Waals surface area contributed by atoms with E-state index in [9.17, 15) is 13.5 Å². The molecule has 8 heteroatoms. The highest BCUT2D eigenvalue weighted by Crippen LogP contribution is 2.36. The maximum Gasteiger partial charge on any atom is 0.175 e. The van der Waals surface area contributed by atoms with Crippen LogP contribution in [-0.2, 0) is 15.4 Å². The van der Waals surface area contributed by atoms with Crippen molar-refractivity contribution >= 4 is 33.0 Å². The van der Waals surface area contributed by atoms with Gasteiger partial charge in [-0.25, -0.2) is 13.4 Å². The predicted octanol–water partition coefficient (Wildman–Crippen LogP) is 6.45. The van der Waals surface area contributed by atoms with Gasteiger partial charge in [-0.1, -0.05) is 47.5 Å². The topological polar surface area (TPSA) is 72.2 Å². The average molecular weight is 515 g/mol. The number of halogens is 2. The zero-order chi connectivity index (χ0) is 24.8. The van der Waals surface area contributed by atoms with E-state index < -0.39 is 15.4 Å². The molecule has 0 spiro atoms. The molecule has 1 aromatic heterocycles. The van der Waals surface area contributed by atoms with E-state index in [-0.39, 0.29) is 4.90 Å². The Morgan fingerprint density at radius 2 is 1.65 bits per heavy atom. The Morgan fingerprint density at radius 3 is 2.29 bits per heavy atom. The van der Waals surface area contributed by atoms with Gasteiger partial charge in [0, 0.05) is 18.0 Å². The maximum absolute atomic E-state index is 12.0. The Labute approximate surface area is 209 Å². The molecule has 0 amide bonds. The summed E-state index contributed by atoms with van der Waals surface area (Å²) in [7, 11) is -3.31. The molecule has 4 aromatic rings. The first kappa shape index (κ1) is 24.5. The van der Waals surface area contributed by atoms with E-state index in [0.717, 1.165) is 22.4 Å². The quantitative estimate of drug-likeness (QED) is 0.332. The maximum atomic E-state index is 12.0. The van der Waals surface area contributed by atoms with Gasteiger partial charge in [0.25, 0.3) is 0 Å². The third-order valence-electron chi connectivity index (χ3n) is 5.58. The number of benzene rings is 3. The molecule has 0 saturated carbocycles. The summed E-state index contributed by atoms with van der Waals surface area (Å²) >= 11 is 12.8. The molecule has 5 nitrogen and oxygen atoms in total. The minimum absolute atomic E-state index is 0.272. The average Bonchev–Trinajstić information content (AvgIpc) is 3.20. The minimum Gasteiger partial charge on any atom is -0.384 e. The first-order valence-electron chi connectivity index (χ1n) is 10.5. The largest absolute Gasteiger partial charge is 0.384 e. The van der Waals surface area contributed by atoms with Crippen LogP contribution in [0.3, 0.4) is 0 Å². The molecule has 0 aliphatic heterocycles. The van der Waals surface area contributed by atoms with Crippen molar-refractivity contribution in [2.45, 2.75) is 31.3 Å². The zero-order valence-electron chi connectivity index (χ0n) is 19.2. The van der Waals surface area contributed by atoms with E-state index in [1.54, 1.807) is 50.4 Å². The van der Waals surface area contributed by atoms with Crippen molar-refractivity contribution in [1.29, 1.82) is 0 Å². The SMILES string of the molecule is Cc1cc(-c2cccc(S(C)(=O)=O)c2)ccc1-n1cc(C(C)(C)O)nc1-c1cccc(Cl)c1Cl. The summed E-state index contributed by atoms with van der Waals surface area (Å²) in [4.78, 5) is 4.97. The highest BCUT2D eigenvalue weighted by Gasteiger charge is 2.25. The highest BCUT2D eigenvalue weighted by atomic mass is 35.5. The van der Waals surface area contributed by atoms with Crippen molar-refractivity contribution in [3.05, 3.63) is 88.2 Å². The van der Waals surface area contributed by atoms with Crippen molar-refractivity contribution in [2.75, 3.05) is 6.26 Å². The van der Waals surface area contributed by atoms with E-state index >= 15 is 0 Å². The van der Waals surface area contributed by atoms with Crippen molar-refractivity contribution < 1.29 is 13.5 Å². The summed E-state index contributed by atoms with van der Waals surface area (Å²) in [6.07, 6.45) is 2.99. The van der Waals surface area contributed by atoms with E-state index in [0.29, 0.717) is 27.1 Å². The first-order valence-corrected chi connectivity index (χ1v) is 13.2. The molecule has 0 aliphatic rings. The van der Waals surface area contributed by atoms with Crippen LogP contribution in [0.2, 0.25) is 10.0 Å². The van der Waals surface area contributed by atoms with Crippen LogP contribution < -0.4 is 0 Å². The number of rotatable bonds is 5. The van der Waals surface area contributed by atoms with Crippen molar-refractivity contribution in [3.8, 4) is 28.2 Å². The van der Waals surface area contributed by atoms with Crippen LogP contribution in [0, 0.1) is 6.92 Å². The van der Waals surface area contributed by atoms with Crippen LogP contribution in [0.5, 0.6) is 0 Å². The van der Waals surface area contributed by atoms with Crippen molar-refractivity contribution in [2.24, 2.45) is 0 Å². The van der Waals surface area contributed by atoms with E-state index in [1.807, 2.05) is 41.8 Å². The van der Waals surface area contributed by atoms with Crippen LogP contribution >= 0.6 is 23.2 Å². The predicted molar refractivity (Wildman–Crippen MR) is 138 cm³/mol. The summed E-state index contributed by atoms with van der Waals surface area (Å²) in [6, 6.07) is 18.1. The lowest BCUT2D eigenvalue weighted by Gasteiger charge is -2.14. The van der Waals surface area contributed by atoms with Gasteiger partial charge in [-0.05, 0) is 73.9 Å². The summed E-state index contributed by atoms with van der Waals surface area (Å²) in [5, 5.41) is 11.4. The minimum atomic E-state index is -3.31. The second-order valence-electron chi connectivity index (χ2n) is 8.78. The molecule has 3 aromatic carbocycles. The molecule has 0 fully saturated rings. The fourth-order valence-corrected chi connectivity index (χ4v) is 4.79. The molecule has 1 heterocycles. The molecular weight excluding hydrogens is 491 g/mol. The number of nitrogens with zero attached hydrogens (tertiary/aromatic N) is 2.